The van der Waals surface area contributed by atoms with Gasteiger partial charge in [-0.15, -0.1) is 0 Å². The van der Waals surface area contributed by atoms with Gasteiger partial charge < -0.3 is 5.73 Å². The molecule has 0 aromatic carbocycles. The lowest BCUT2D eigenvalue weighted by atomic mass is 10.1. The van der Waals surface area contributed by atoms with Crippen molar-refractivity contribution in [2.75, 3.05) is 0 Å². The highest BCUT2D eigenvalue weighted by Crippen LogP contribution is 1.99. The molecule has 0 fully saturated rings. The summed E-state index contributed by atoms with van der Waals surface area (Å²) < 4.78 is 0. The van der Waals surface area contributed by atoms with Crippen LogP contribution in [0.5, 0.6) is 0 Å². The van der Waals surface area contributed by atoms with Gasteiger partial charge in [-0.2, -0.15) is 0 Å². The fourth-order valence-electron chi connectivity index (χ4n) is 0.716. The highest BCUT2D eigenvalue weighted by atomic mass is 14.6. The van der Waals surface area contributed by atoms with Crippen LogP contribution in [-0.4, -0.2) is 6.04 Å². The van der Waals surface area contributed by atoms with Crippen LogP contribution >= 0.6 is 0 Å². The molecule has 1 atom stereocenters. The van der Waals surface area contributed by atoms with Crippen LogP contribution in [0.25, 0.3) is 0 Å². The Morgan fingerprint density at radius 3 is 2.38 bits per heavy atom. The van der Waals surface area contributed by atoms with E-state index >= 15 is 0 Å². The molecule has 0 heterocycles. The molecule has 1 nitrogen and oxygen atoms in total. The van der Waals surface area contributed by atoms with Gasteiger partial charge in [0.2, 0.25) is 0 Å². The van der Waals surface area contributed by atoms with Crippen LogP contribution in [0.2, 0.25) is 0 Å². The van der Waals surface area contributed by atoms with Crippen molar-refractivity contribution in [1.82, 2.24) is 0 Å². The molecule has 0 spiro atoms. The van der Waals surface area contributed by atoms with Crippen molar-refractivity contribution in [3.63, 3.8) is 0 Å². The molecule has 0 saturated heterocycles. The van der Waals surface area contributed by atoms with Crippen molar-refractivity contribution < 1.29 is 0 Å². The molecule has 0 aliphatic heterocycles. The summed E-state index contributed by atoms with van der Waals surface area (Å²) in [5.74, 6) is 0. The van der Waals surface area contributed by atoms with Gasteiger partial charge in [-0.05, 0) is 13.3 Å². The molecule has 0 unspecified atom stereocenters. The highest BCUT2D eigenvalue weighted by Gasteiger charge is 1.90. The van der Waals surface area contributed by atoms with E-state index in [1.54, 1.807) is 0 Å². The molecule has 2 N–H and O–H groups in total. The molecule has 0 aromatic heterocycles. The summed E-state index contributed by atoms with van der Waals surface area (Å²) in [6.07, 6.45) is 5.12. The largest absolute Gasteiger partial charge is 0.328 e. The minimum atomic E-state index is 0.404. The van der Waals surface area contributed by atoms with Gasteiger partial charge in [0.05, 0.1) is 0 Å². The Morgan fingerprint density at radius 1 is 1.38 bits per heavy atom. The Hall–Kier alpha value is -0.0400. The van der Waals surface area contributed by atoms with E-state index in [1.807, 2.05) is 0 Å². The average Bonchev–Trinajstić information content (AvgIpc) is 1.66. The molecule has 0 saturated carbocycles. The fraction of sp³-hybridized carbons (Fsp3) is 1.00. The molecule has 50 valence electrons. The Kier molecular flexibility index (Phi) is 5.08. The summed E-state index contributed by atoms with van der Waals surface area (Å²) in [5, 5.41) is 0. The maximum absolute atomic E-state index is 5.53. The van der Waals surface area contributed by atoms with Crippen molar-refractivity contribution in [1.29, 1.82) is 0 Å². The van der Waals surface area contributed by atoms with E-state index in [0.29, 0.717) is 6.04 Å². The number of hydrogen-bond donors (Lipinski definition) is 1. The zero-order valence-electron chi connectivity index (χ0n) is 5.98. The van der Waals surface area contributed by atoms with Crippen LogP contribution in [0.4, 0.5) is 0 Å². The van der Waals surface area contributed by atoms with Gasteiger partial charge in [0, 0.05) is 6.04 Å². The van der Waals surface area contributed by atoms with Gasteiger partial charge in [-0.3, -0.25) is 0 Å². The Balaban J connectivity index is 2.72. The molecule has 1 heteroatoms. The maximum Gasteiger partial charge on any atom is 0.00104 e. The molecular formula is C7H17N. The quantitative estimate of drug-likeness (QED) is 0.556. The van der Waals surface area contributed by atoms with E-state index in [2.05, 4.69) is 13.8 Å². The lowest BCUT2D eigenvalue weighted by Gasteiger charge is -2.01. The van der Waals surface area contributed by atoms with Crippen molar-refractivity contribution in [3.8, 4) is 0 Å². The first-order valence-corrected chi connectivity index (χ1v) is 3.53. The maximum atomic E-state index is 5.53. The normalized spacial score (nSPS) is 13.9. The summed E-state index contributed by atoms with van der Waals surface area (Å²) in [4.78, 5) is 0. The summed E-state index contributed by atoms with van der Waals surface area (Å²) in [6, 6.07) is 0.404. The third-order valence-corrected chi connectivity index (χ3v) is 1.26. The SMILES string of the molecule is CCCCC[C@H](C)N. The molecular weight excluding hydrogens is 98.1 g/mol. The summed E-state index contributed by atoms with van der Waals surface area (Å²) in [6.45, 7) is 4.27. The van der Waals surface area contributed by atoms with Gasteiger partial charge in [-0.1, -0.05) is 26.2 Å². The fourth-order valence-corrected chi connectivity index (χ4v) is 0.716. The van der Waals surface area contributed by atoms with Gasteiger partial charge in [0.25, 0.3) is 0 Å². The number of nitrogens with two attached hydrogens (primary N) is 1. The minimum Gasteiger partial charge on any atom is -0.328 e. The van der Waals surface area contributed by atoms with Crippen LogP contribution < -0.4 is 5.73 Å². The first-order valence-electron chi connectivity index (χ1n) is 3.53. The Bertz CT molecular complexity index is 41.7. The van der Waals surface area contributed by atoms with Gasteiger partial charge in [0.15, 0.2) is 0 Å². The van der Waals surface area contributed by atoms with Crippen LogP contribution in [0.15, 0.2) is 0 Å². The van der Waals surface area contributed by atoms with Gasteiger partial charge in [0.1, 0.15) is 0 Å². The molecule has 0 aliphatic carbocycles. The second-order valence-electron chi connectivity index (χ2n) is 2.47. The minimum absolute atomic E-state index is 0.404. The third kappa shape index (κ3) is 5.96. The van der Waals surface area contributed by atoms with Crippen molar-refractivity contribution in [2.24, 2.45) is 5.73 Å². The van der Waals surface area contributed by atoms with E-state index in [1.165, 1.54) is 25.7 Å². The second-order valence-corrected chi connectivity index (χ2v) is 2.47. The van der Waals surface area contributed by atoms with Crippen molar-refractivity contribution in [2.45, 2.75) is 45.6 Å². The highest BCUT2D eigenvalue weighted by molar-refractivity contribution is 4.51. The molecule has 0 aromatic rings. The predicted molar refractivity (Wildman–Crippen MR) is 37.8 cm³/mol. The zero-order chi connectivity index (χ0) is 6.41. The Morgan fingerprint density at radius 2 is 2.00 bits per heavy atom. The molecule has 0 aliphatic rings. The summed E-state index contributed by atoms with van der Waals surface area (Å²) in [7, 11) is 0. The van der Waals surface area contributed by atoms with Crippen molar-refractivity contribution in [3.05, 3.63) is 0 Å². The van der Waals surface area contributed by atoms with E-state index < -0.39 is 0 Å². The number of unbranched alkanes of at least 4 members (excludes halogenated alkanes) is 2. The van der Waals surface area contributed by atoms with E-state index in [0.717, 1.165) is 0 Å². The van der Waals surface area contributed by atoms with Crippen molar-refractivity contribution >= 4 is 0 Å². The molecule has 0 bridgehead atoms. The lowest BCUT2D eigenvalue weighted by molar-refractivity contribution is 0.592. The zero-order valence-corrected chi connectivity index (χ0v) is 5.98. The summed E-state index contributed by atoms with van der Waals surface area (Å²) in [5.41, 5.74) is 5.53. The molecule has 0 rings (SSSR count). The number of rotatable bonds is 4. The van der Waals surface area contributed by atoms with Crippen LogP contribution in [0, 0.1) is 0 Å². The van der Waals surface area contributed by atoms with Crippen LogP contribution in [0.3, 0.4) is 0 Å². The van der Waals surface area contributed by atoms with Crippen LogP contribution in [-0.2, 0) is 0 Å². The first kappa shape index (κ1) is 7.96. The second kappa shape index (κ2) is 5.10. The van der Waals surface area contributed by atoms with E-state index in [-0.39, 0.29) is 0 Å². The molecule has 0 amide bonds. The topological polar surface area (TPSA) is 26.0 Å². The monoisotopic (exact) mass is 115 g/mol. The van der Waals surface area contributed by atoms with E-state index in [9.17, 15) is 0 Å². The average molecular weight is 115 g/mol. The molecule has 0 radical (unpaired) electrons. The Labute approximate surface area is 52.3 Å². The van der Waals surface area contributed by atoms with E-state index in [4.69, 9.17) is 5.73 Å². The van der Waals surface area contributed by atoms with Crippen LogP contribution in [0.1, 0.15) is 39.5 Å². The first-order chi connectivity index (χ1) is 3.77. The van der Waals surface area contributed by atoms with Gasteiger partial charge in [-0.25, -0.2) is 0 Å². The van der Waals surface area contributed by atoms with Gasteiger partial charge >= 0.3 is 0 Å². The lowest BCUT2D eigenvalue weighted by Crippen LogP contribution is -2.13. The molecule has 8 heavy (non-hydrogen) atoms. The summed E-state index contributed by atoms with van der Waals surface area (Å²) >= 11 is 0. The number of hydrogen-bond acceptors (Lipinski definition) is 1. The standard InChI is InChI=1S/C7H17N/c1-3-4-5-6-7(2)8/h7H,3-6,8H2,1-2H3/t7-/m0/s1. The predicted octanol–water partition coefficient (Wildman–Crippen LogP) is 1.91. The third-order valence-electron chi connectivity index (χ3n) is 1.26. The smallest absolute Gasteiger partial charge is 0.00104 e.